The lowest BCUT2D eigenvalue weighted by Crippen LogP contribution is -2.61. The smallest absolute Gasteiger partial charge is 0.0861 e. The molecule has 1 nitrogen and oxygen atoms in total. The summed E-state index contributed by atoms with van der Waals surface area (Å²) in [5.74, 6) is 0. The van der Waals surface area contributed by atoms with Crippen LogP contribution in [0.15, 0.2) is 11.3 Å². The third kappa shape index (κ3) is 4.72. The SMILES string of the molecule is CC(C)=C[Si](CNC(C)C)([SiH](C)C)C(C)(C)C. The van der Waals surface area contributed by atoms with Crippen LogP contribution in [0, 0.1) is 0 Å². The summed E-state index contributed by atoms with van der Waals surface area (Å²) in [4.78, 5) is 0. The van der Waals surface area contributed by atoms with Crippen molar-refractivity contribution in [2.75, 3.05) is 6.17 Å². The van der Waals surface area contributed by atoms with E-state index in [1.165, 1.54) is 11.7 Å². The minimum Gasteiger partial charge on any atom is -0.317 e. The fourth-order valence-corrected chi connectivity index (χ4v) is 16.7. The summed E-state index contributed by atoms with van der Waals surface area (Å²) in [5, 5.41) is 4.20. The molecule has 0 radical (unpaired) electrons. The molecular formula is C14H33NSi2. The van der Waals surface area contributed by atoms with Gasteiger partial charge >= 0.3 is 0 Å². The molecule has 0 heterocycles. The molecule has 0 spiro atoms. The van der Waals surface area contributed by atoms with Crippen LogP contribution >= 0.6 is 0 Å². The van der Waals surface area contributed by atoms with Crippen molar-refractivity contribution >= 4 is 15.9 Å². The highest BCUT2D eigenvalue weighted by atomic mass is 29.2. The van der Waals surface area contributed by atoms with Crippen LogP contribution in [-0.4, -0.2) is 28.1 Å². The highest BCUT2D eigenvalue weighted by Crippen LogP contribution is 2.39. The summed E-state index contributed by atoms with van der Waals surface area (Å²) >= 11 is 0. The van der Waals surface area contributed by atoms with Crippen LogP contribution in [0.1, 0.15) is 48.5 Å². The first kappa shape index (κ1) is 17.1. The first-order valence-electron chi connectivity index (χ1n) is 6.92. The van der Waals surface area contributed by atoms with Gasteiger partial charge in [-0.25, -0.2) is 0 Å². The molecule has 0 rings (SSSR count). The molecule has 0 aromatic carbocycles. The molecule has 1 unspecified atom stereocenters. The summed E-state index contributed by atoms with van der Waals surface area (Å²) in [6.07, 6.45) is 1.25. The number of hydrogen-bond donors (Lipinski definition) is 1. The van der Waals surface area contributed by atoms with Gasteiger partial charge in [-0.2, -0.15) is 0 Å². The van der Waals surface area contributed by atoms with Gasteiger partial charge in [0.05, 0.1) is 7.59 Å². The normalized spacial score (nSPS) is 16.2. The Balaban J connectivity index is 5.35. The largest absolute Gasteiger partial charge is 0.317 e. The molecule has 102 valence electrons. The second-order valence-electron chi connectivity index (χ2n) is 7.20. The average molecular weight is 272 g/mol. The summed E-state index contributed by atoms with van der Waals surface area (Å²) < 4.78 is 0. The van der Waals surface area contributed by atoms with Gasteiger partial charge in [0.1, 0.15) is 0 Å². The topological polar surface area (TPSA) is 12.0 Å². The Morgan fingerprint density at radius 2 is 1.71 bits per heavy atom. The third-order valence-corrected chi connectivity index (χ3v) is 20.4. The molecule has 0 aliphatic heterocycles. The zero-order valence-corrected chi connectivity index (χ0v) is 15.6. The first-order valence-corrected chi connectivity index (χ1v) is 13.3. The fourth-order valence-electron chi connectivity index (χ4n) is 2.66. The van der Waals surface area contributed by atoms with Gasteiger partial charge in [0, 0.05) is 14.4 Å². The van der Waals surface area contributed by atoms with Crippen molar-refractivity contribution < 1.29 is 0 Å². The maximum Gasteiger partial charge on any atom is 0.0861 e. The van der Waals surface area contributed by atoms with Crippen molar-refractivity contribution in [3.63, 3.8) is 0 Å². The standard InChI is InChI=1S/C14H33NSi2/c1-12(2)10-17(16(8)9,14(5,6)7)11-15-13(3)4/h10,13,15-16H,11H2,1-9H3. The van der Waals surface area contributed by atoms with E-state index in [-0.39, 0.29) is 0 Å². The van der Waals surface area contributed by atoms with Crippen LogP contribution in [0.2, 0.25) is 18.1 Å². The molecular weight excluding hydrogens is 238 g/mol. The second-order valence-corrected chi connectivity index (χ2v) is 20.3. The lowest BCUT2D eigenvalue weighted by atomic mass is 10.2. The van der Waals surface area contributed by atoms with Crippen LogP contribution in [0.5, 0.6) is 0 Å². The molecule has 0 bridgehead atoms. The highest BCUT2D eigenvalue weighted by molar-refractivity contribution is 7.36. The van der Waals surface area contributed by atoms with E-state index in [1.807, 2.05) is 0 Å². The number of nitrogens with one attached hydrogen (secondary N) is 1. The Labute approximate surface area is 111 Å². The zero-order valence-electron chi connectivity index (χ0n) is 13.4. The summed E-state index contributed by atoms with van der Waals surface area (Å²) in [7, 11) is -2.00. The monoisotopic (exact) mass is 271 g/mol. The van der Waals surface area contributed by atoms with Gasteiger partial charge in [-0.1, -0.05) is 59.0 Å². The Kier molecular flexibility index (Phi) is 6.39. The van der Waals surface area contributed by atoms with Crippen molar-refractivity contribution in [2.45, 2.75) is 72.6 Å². The molecule has 0 aromatic rings. The van der Waals surface area contributed by atoms with E-state index in [1.54, 1.807) is 0 Å². The van der Waals surface area contributed by atoms with E-state index in [4.69, 9.17) is 0 Å². The van der Waals surface area contributed by atoms with Crippen LogP contribution in [0.25, 0.3) is 0 Å². The highest BCUT2D eigenvalue weighted by Gasteiger charge is 2.45. The van der Waals surface area contributed by atoms with E-state index in [2.05, 4.69) is 72.6 Å². The van der Waals surface area contributed by atoms with Crippen LogP contribution in [0.3, 0.4) is 0 Å². The molecule has 0 saturated carbocycles. The van der Waals surface area contributed by atoms with E-state index in [9.17, 15) is 0 Å². The van der Waals surface area contributed by atoms with Crippen molar-refractivity contribution in [3.05, 3.63) is 11.3 Å². The van der Waals surface area contributed by atoms with Gasteiger partial charge < -0.3 is 5.32 Å². The van der Waals surface area contributed by atoms with Gasteiger partial charge in [0.25, 0.3) is 0 Å². The van der Waals surface area contributed by atoms with Crippen molar-refractivity contribution in [1.82, 2.24) is 5.32 Å². The third-order valence-electron chi connectivity index (χ3n) is 3.78. The number of rotatable bonds is 5. The molecule has 1 atom stereocenters. The maximum absolute atomic E-state index is 3.73. The molecule has 1 N–H and O–H groups in total. The Hall–Kier alpha value is 0.134. The van der Waals surface area contributed by atoms with Gasteiger partial charge in [-0.05, 0) is 25.1 Å². The van der Waals surface area contributed by atoms with E-state index < -0.39 is 15.9 Å². The van der Waals surface area contributed by atoms with Crippen LogP contribution in [0.4, 0.5) is 0 Å². The minimum absolute atomic E-state index is 0.465. The van der Waals surface area contributed by atoms with Crippen LogP contribution < -0.4 is 5.32 Å². The zero-order chi connectivity index (χ0) is 13.9. The second kappa shape index (κ2) is 6.34. The number of hydrogen-bond acceptors (Lipinski definition) is 1. The molecule has 0 fully saturated rings. The molecule has 0 aromatic heterocycles. The Morgan fingerprint density at radius 3 is 1.94 bits per heavy atom. The molecule has 17 heavy (non-hydrogen) atoms. The van der Waals surface area contributed by atoms with E-state index in [0.717, 1.165) is 0 Å². The van der Waals surface area contributed by atoms with Gasteiger partial charge in [-0.15, -0.1) is 0 Å². The minimum atomic E-state index is -1.33. The van der Waals surface area contributed by atoms with Crippen molar-refractivity contribution in [2.24, 2.45) is 0 Å². The van der Waals surface area contributed by atoms with Crippen LogP contribution in [-0.2, 0) is 0 Å². The van der Waals surface area contributed by atoms with Crippen molar-refractivity contribution in [3.8, 4) is 0 Å². The lowest BCUT2D eigenvalue weighted by Gasteiger charge is -2.45. The quantitative estimate of drug-likeness (QED) is 0.749. The molecule has 0 aliphatic carbocycles. The summed E-state index contributed by atoms with van der Waals surface area (Å²) in [6.45, 7) is 21.5. The predicted octanol–water partition coefficient (Wildman–Crippen LogP) is 3.84. The van der Waals surface area contributed by atoms with Gasteiger partial charge in [0.2, 0.25) is 0 Å². The summed E-state index contributed by atoms with van der Waals surface area (Å²) in [6, 6.07) is 0.600. The molecule has 0 amide bonds. The molecule has 0 saturated heterocycles. The summed E-state index contributed by atoms with van der Waals surface area (Å²) in [5.41, 5.74) is 4.19. The number of allylic oxidation sites excluding steroid dienone is 1. The predicted molar refractivity (Wildman–Crippen MR) is 86.9 cm³/mol. The van der Waals surface area contributed by atoms with Crippen molar-refractivity contribution in [1.29, 1.82) is 0 Å². The van der Waals surface area contributed by atoms with E-state index >= 15 is 0 Å². The average Bonchev–Trinajstić information content (AvgIpc) is 2.08. The lowest BCUT2D eigenvalue weighted by molar-refractivity contribution is 0.627. The molecule has 3 heteroatoms. The first-order chi connectivity index (χ1) is 7.53. The maximum atomic E-state index is 3.73. The Bertz CT molecular complexity index is 260. The Morgan fingerprint density at radius 1 is 1.24 bits per heavy atom. The van der Waals surface area contributed by atoms with Gasteiger partial charge in [0.15, 0.2) is 0 Å². The fraction of sp³-hybridized carbons (Fsp3) is 0.857. The van der Waals surface area contributed by atoms with Gasteiger partial charge in [-0.3, -0.25) is 0 Å². The van der Waals surface area contributed by atoms with E-state index in [0.29, 0.717) is 11.1 Å². The molecule has 0 aliphatic rings.